The van der Waals surface area contributed by atoms with E-state index in [1.807, 2.05) is 0 Å². The van der Waals surface area contributed by atoms with E-state index in [9.17, 15) is 13.2 Å². The standard InChI is InChI=1S/C9H16N4O3S/c1-9(2,17(3,15)16)5-11-8(14)6-4-7(10)13-12-6/h4H,5H2,1-3H3,(H,11,14)(H3,10,12,13). The molecule has 1 aromatic rings. The van der Waals surface area contributed by atoms with Gasteiger partial charge in [-0.3, -0.25) is 9.89 Å². The number of carbonyl (C=O) groups is 1. The second-order valence-electron chi connectivity index (χ2n) is 4.42. The van der Waals surface area contributed by atoms with Gasteiger partial charge in [0.25, 0.3) is 5.91 Å². The summed E-state index contributed by atoms with van der Waals surface area (Å²) in [7, 11) is -3.24. The number of nitrogens with zero attached hydrogens (tertiary/aromatic N) is 1. The van der Waals surface area contributed by atoms with Crippen molar-refractivity contribution in [2.24, 2.45) is 0 Å². The Morgan fingerprint density at radius 3 is 2.59 bits per heavy atom. The van der Waals surface area contributed by atoms with Crippen LogP contribution in [0.4, 0.5) is 5.82 Å². The molecule has 0 spiro atoms. The van der Waals surface area contributed by atoms with E-state index in [1.165, 1.54) is 6.07 Å². The van der Waals surface area contributed by atoms with Crippen LogP contribution in [0.15, 0.2) is 6.07 Å². The van der Waals surface area contributed by atoms with E-state index < -0.39 is 20.5 Å². The summed E-state index contributed by atoms with van der Waals surface area (Å²) in [6, 6.07) is 1.38. The number of rotatable bonds is 4. The van der Waals surface area contributed by atoms with Gasteiger partial charge in [0.05, 0.1) is 4.75 Å². The molecule has 1 rings (SSSR count). The third-order valence-electron chi connectivity index (χ3n) is 2.52. The summed E-state index contributed by atoms with van der Waals surface area (Å²) < 4.78 is 21.8. The van der Waals surface area contributed by atoms with Gasteiger partial charge >= 0.3 is 0 Å². The van der Waals surface area contributed by atoms with Crippen LogP contribution in [0.5, 0.6) is 0 Å². The molecule has 0 unspecified atom stereocenters. The summed E-state index contributed by atoms with van der Waals surface area (Å²) in [5.74, 6) is -0.233. The molecule has 0 aliphatic carbocycles. The number of nitrogen functional groups attached to an aromatic ring is 1. The molecule has 0 bridgehead atoms. The lowest BCUT2D eigenvalue weighted by Gasteiger charge is -2.22. The summed E-state index contributed by atoms with van der Waals surface area (Å²) >= 11 is 0. The summed E-state index contributed by atoms with van der Waals surface area (Å²) in [4.78, 5) is 11.6. The third-order valence-corrected chi connectivity index (χ3v) is 4.67. The first kappa shape index (κ1) is 13.5. The molecule has 0 aliphatic rings. The quantitative estimate of drug-likeness (QED) is 0.677. The highest BCUT2D eigenvalue weighted by Crippen LogP contribution is 2.13. The predicted molar refractivity (Wildman–Crippen MR) is 64.3 cm³/mol. The molecule has 1 aromatic heterocycles. The van der Waals surface area contributed by atoms with Crippen molar-refractivity contribution in [3.05, 3.63) is 11.8 Å². The van der Waals surface area contributed by atoms with Crippen LogP contribution in [-0.2, 0) is 9.84 Å². The highest BCUT2D eigenvalue weighted by atomic mass is 32.2. The van der Waals surface area contributed by atoms with Crippen molar-refractivity contribution in [3.63, 3.8) is 0 Å². The van der Waals surface area contributed by atoms with Crippen molar-refractivity contribution in [3.8, 4) is 0 Å². The van der Waals surface area contributed by atoms with E-state index in [1.54, 1.807) is 13.8 Å². The van der Waals surface area contributed by atoms with Crippen molar-refractivity contribution in [2.75, 3.05) is 18.5 Å². The van der Waals surface area contributed by atoms with Crippen LogP contribution in [0.25, 0.3) is 0 Å². The van der Waals surface area contributed by atoms with Gasteiger partial charge in [0, 0.05) is 18.9 Å². The fourth-order valence-electron chi connectivity index (χ4n) is 0.973. The van der Waals surface area contributed by atoms with Gasteiger partial charge in [-0.1, -0.05) is 0 Å². The van der Waals surface area contributed by atoms with E-state index in [0.29, 0.717) is 0 Å². The minimum Gasteiger partial charge on any atom is -0.382 e. The topological polar surface area (TPSA) is 118 Å². The van der Waals surface area contributed by atoms with Crippen molar-refractivity contribution >= 4 is 21.6 Å². The maximum Gasteiger partial charge on any atom is 0.269 e. The summed E-state index contributed by atoms with van der Waals surface area (Å²) in [6.07, 6.45) is 1.13. The van der Waals surface area contributed by atoms with Crippen LogP contribution in [-0.4, -0.2) is 42.1 Å². The number of amides is 1. The summed E-state index contributed by atoms with van der Waals surface area (Å²) in [5, 5.41) is 8.56. The van der Waals surface area contributed by atoms with Crippen molar-refractivity contribution < 1.29 is 13.2 Å². The molecule has 1 amide bonds. The van der Waals surface area contributed by atoms with E-state index in [0.717, 1.165) is 6.26 Å². The van der Waals surface area contributed by atoms with Gasteiger partial charge in [0.2, 0.25) is 0 Å². The Hall–Kier alpha value is -1.57. The molecule has 17 heavy (non-hydrogen) atoms. The monoisotopic (exact) mass is 260 g/mol. The molecule has 0 aliphatic heterocycles. The lowest BCUT2D eigenvalue weighted by atomic mass is 10.2. The van der Waals surface area contributed by atoms with Crippen molar-refractivity contribution in [1.29, 1.82) is 0 Å². The maximum absolute atomic E-state index is 11.6. The van der Waals surface area contributed by atoms with Gasteiger partial charge in [-0.25, -0.2) is 8.42 Å². The van der Waals surface area contributed by atoms with Crippen LogP contribution in [0.1, 0.15) is 24.3 Å². The van der Waals surface area contributed by atoms with Crippen LogP contribution < -0.4 is 11.1 Å². The lowest BCUT2D eigenvalue weighted by Crippen LogP contribution is -2.43. The molecule has 0 saturated carbocycles. The largest absolute Gasteiger partial charge is 0.382 e. The van der Waals surface area contributed by atoms with E-state index in [-0.39, 0.29) is 18.1 Å². The van der Waals surface area contributed by atoms with Crippen LogP contribution >= 0.6 is 0 Å². The Labute approximate surface area is 99.7 Å². The van der Waals surface area contributed by atoms with Gasteiger partial charge in [0.15, 0.2) is 9.84 Å². The number of carbonyl (C=O) groups excluding carboxylic acids is 1. The number of aromatic nitrogens is 2. The molecular weight excluding hydrogens is 244 g/mol. The molecular formula is C9H16N4O3S. The molecule has 0 saturated heterocycles. The number of hydrogen-bond acceptors (Lipinski definition) is 5. The minimum atomic E-state index is -3.24. The van der Waals surface area contributed by atoms with Gasteiger partial charge in [0.1, 0.15) is 11.5 Å². The Morgan fingerprint density at radius 1 is 1.59 bits per heavy atom. The SMILES string of the molecule is CC(C)(CNC(=O)c1cc(N)n[nH]1)S(C)(=O)=O. The lowest BCUT2D eigenvalue weighted by molar-refractivity contribution is 0.0945. The zero-order valence-corrected chi connectivity index (χ0v) is 10.8. The molecule has 7 nitrogen and oxygen atoms in total. The predicted octanol–water partition coefficient (Wildman–Crippen LogP) is -0.455. The first-order chi connectivity index (χ1) is 7.63. The first-order valence-electron chi connectivity index (χ1n) is 4.92. The molecule has 0 atom stereocenters. The summed E-state index contributed by atoms with van der Waals surface area (Å²) in [5.41, 5.74) is 5.55. The zero-order valence-electron chi connectivity index (χ0n) is 9.94. The average Bonchev–Trinajstić information content (AvgIpc) is 2.59. The van der Waals surface area contributed by atoms with Gasteiger partial charge < -0.3 is 11.1 Å². The zero-order chi connectivity index (χ0) is 13.3. The maximum atomic E-state index is 11.6. The van der Waals surface area contributed by atoms with Crippen LogP contribution in [0, 0.1) is 0 Å². The molecule has 0 fully saturated rings. The normalized spacial score (nSPS) is 12.4. The smallest absolute Gasteiger partial charge is 0.269 e. The van der Waals surface area contributed by atoms with Crippen LogP contribution in [0.2, 0.25) is 0 Å². The number of anilines is 1. The first-order valence-corrected chi connectivity index (χ1v) is 6.81. The molecule has 1 heterocycles. The number of hydrogen-bond donors (Lipinski definition) is 3. The number of sulfone groups is 1. The number of aromatic amines is 1. The van der Waals surface area contributed by atoms with Gasteiger partial charge in [-0.05, 0) is 13.8 Å². The Kier molecular flexibility index (Phi) is 3.46. The second kappa shape index (κ2) is 4.36. The van der Waals surface area contributed by atoms with E-state index in [4.69, 9.17) is 5.73 Å². The average molecular weight is 260 g/mol. The van der Waals surface area contributed by atoms with Crippen molar-refractivity contribution in [2.45, 2.75) is 18.6 Å². The van der Waals surface area contributed by atoms with Crippen LogP contribution in [0.3, 0.4) is 0 Å². The van der Waals surface area contributed by atoms with E-state index >= 15 is 0 Å². The highest BCUT2D eigenvalue weighted by molar-refractivity contribution is 7.92. The molecule has 8 heteroatoms. The highest BCUT2D eigenvalue weighted by Gasteiger charge is 2.30. The van der Waals surface area contributed by atoms with Crippen molar-refractivity contribution in [1.82, 2.24) is 15.5 Å². The fourth-order valence-corrected chi connectivity index (χ4v) is 1.31. The molecule has 96 valence electrons. The number of nitrogens with two attached hydrogens (primary N) is 1. The minimum absolute atomic E-state index is 0.0175. The Bertz CT molecular complexity index is 518. The third kappa shape index (κ3) is 3.19. The number of nitrogens with one attached hydrogen (secondary N) is 2. The second-order valence-corrected chi connectivity index (χ2v) is 7.07. The van der Waals surface area contributed by atoms with Gasteiger partial charge in [-0.15, -0.1) is 0 Å². The Morgan fingerprint density at radius 2 is 2.18 bits per heavy atom. The van der Waals surface area contributed by atoms with E-state index in [2.05, 4.69) is 15.5 Å². The fraction of sp³-hybridized carbons (Fsp3) is 0.556. The molecule has 0 radical (unpaired) electrons. The summed E-state index contributed by atoms with van der Waals surface area (Å²) in [6.45, 7) is 3.11. The number of H-pyrrole nitrogens is 1. The molecule has 4 N–H and O–H groups in total. The molecule has 0 aromatic carbocycles. The Balaban J connectivity index is 2.67. The van der Waals surface area contributed by atoms with Gasteiger partial charge in [-0.2, -0.15) is 5.10 Å².